The summed E-state index contributed by atoms with van der Waals surface area (Å²) in [6, 6.07) is 3.06. The number of carbonyl (C=O) groups is 1. The van der Waals surface area contributed by atoms with Crippen LogP contribution < -0.4 is 0 Å². The number of aromatic amines is 1. The summed E-state index contributed by atoms with van der Waals surface area (Å²) >= 11 is 3.76. The zero-order valence-electron chi connectivity index (χ0n) is 8.82. The van der Waals surface area contributed by atoms with Gasteiger partial charge in [0.15, 0.2) is 5.78 Å². The predicted octanol–water partition coefficient (Wildman–Crippen LogP) is 2.95. The van der Waals surface area contributed by atoms with E-state index in [2.05, 4.69) is 22.8 Å². The molecule has 0 radical (unpaired) electrons. The minimum atomic E-state index is -4.48. The third-order valence-electron chi connectivity index (χ3n) is 2.33. The van der Waals surface area contributed by atoms with Gasteiger partial charge in [0, 0.05) is 16.7 Å². The summed E-state index contributed by atoms with van der Waals surface area (Å²) < 4.78 is 37.5. The molecule has 0 aliphatic carbocycles. The van der Waals surface area contributed by atoms with Crippen LogP contribution in [-0.4, -0.2) is 16.0 Å². The van der Waals surface area contributed by atoms with E-state index in [0.29, 0.717) is 0 Å². The van der Waals surface area contributed by atoms with Gasteiger partial charge in [0.2, 0.25) is 0 Å². The number of aromatic nitrogens is 2. The Kier molecular flexibility index (Phi) is 3.16. The minimum absolute atomic E-state index is 0.134. The fourth-order valence-corrected chi connectivity index (χ4v) is 1.79. The van der Waals surface area contributed by atoms with Gasteiger partial charge < -0.3 is 0 Å². The number of hydrogen-bond donors (Lipinski definition) is 2. The SMILES string of the molecule is O=C(c1cn[nH]c1)c1ccc(C(F)(F)F)c(S)c1. The van der Waals surface area contributed by atoms with Crippen molar-refractivity contribution in [3.05, 3.63) is 47.3 Å². The molecule has 2 rings (SSSR count). The van der Waals surface area contributed by atoms with Crippen molar-refractivity contribution in [2.75, 3.05) is 0 Å². The lowest BCUT2D eigenvalue weighted by Gasteiger charge is -2.10. The molecule has 1 aromatic heterocycles. The summed E-state index contributed by atoms with van der Waals surface area (Å²) in [5.74, 6) is -0.409. The largest absolute Gasteiger partial charge is 0.417 e. The first-order valence-corrected chi connectivity index (χ1v) is 5.28. The van der Waals surface area contributed by atoms with E-state index in [9.17, 15) is 18.0 Å². The average molecular weight is 272 g/mol. The van der Waals surface area contributed by atoms with Crippen molar-refractivity contribution < 1.29 is 18.0 Å². The molecule has 0 aliphatic heterocycles. The highest BCUT2D eigenvalue weighted by molar-refractivity contribution is 7.80. The van der Waals surface area contributed by atoms with Gasteiger partial charge in [-0.3, -0.25) is 9.89 Å². The summed E-state index contributed by atoms with van der Waals surface area (Å²) in [6.45, 7) is 0. The molecule has 0 saturated heterocycles. The standard InChI is InChI=1S/C11H7F3N2OS/c12-11(13,14)8-2-1-6(3-9(8)18)10(17)7-4-15-16-5-7/h1-5,18H,(H,15,16). The first kappa shape index (κ1) is 12.7. The number of halogens is 3. The fraction of sp³-hybridized carbons (Fsp3) is 0.0909. The Labute approximate surface area is 105 Å². The maximum Gasteiger partial charge on any atom is 0.417 e. The van der Waals surface area contributed by atoms with Crippen LogP contribution in [0.2, 0.25) is 0 Å². The average Bonchev–Trinajstić information content (AvgIpc) is 2.79. The first-order chi connectivity index (χ1) is 8.39. The number of alkyl halides is 3. The maximum atomic E-state index is 12.5. The number of nitrogens with one attached hydrogen (secondary N) is 1. The molecule has 0 fully saturated rings. The topological polar surface area (TPSA) is 45.8 Å². The van der Waals surface area contributed by atoms with Crippen LogP contribution in [0, 0.1) is 0 Å². The highest BCUT2D eigenvalue weighted by Gasteiger charge is 2.32. The second kappa shape index (κ2) is 4.49. The molecule has 0 aliphatic rings. The fourth-order valence-electron chi connectivity index (χ4n) is 1.45. The lowest BCUT2D eigenvalue weighted by molar-refractivity contribution is -0.139. The van der Waals surface area contributed by atoms with Gasteiger partial charge in [-0.15, -0.1) is 12.6 Å². The van der Waals surface area contributed by atoms with Crippen molar-refractivity contribution in [1.82, 2.24) is 10.2 Å². The number of hydrogen-bond acceptors (Lipinski definition) is 3. The second-order valence-electron chi connectivity index (χ2n) is 3.55. The lowest BCUT2D eigenvalue weighted by Crippen LogP contribution is -2.08. The van der Waals surface area contributed by atoms with E-state index in [1.165, 1.54) is 12.4 Å². The quantitative estimate of drug-likeness (QED) is 0.652. The van der Waals surface area contributed by atoms with Gasteiger partial charge in [0.1, 0.15) is 0 Å². The maximum absolute atomic E-state index is 12.5. The van der Waals surface area contributed by atoms with Gasteiger partial charge >= 0.3 is 6.18 Å². The second-order valence-corrected chi connectivity index (χ2v) is 4.03. The molecule has 94 valence electrons. The number of carbonyl (C=O) groups excluding carboxylic acids is 1. The Morgan fingerprint density at radius 1 is 1.28 bits per heavy atom. The van der Waals surface area contributed by atoms with E-state index >= 15 is 0 Å². The van der Waals surface area contributed by atoms with Gasteiger partial charge in [0.25, 0.3) is 0 Å². The molecule has 0 bridgehead atoms. The number of H-pyrrole nitrogens is 1. The predicted molar refractivity (Wildman–Crippen MR) is 60.7 cm³/mol. The van der Waals surface area contributed by atoms with E-state index in [1.54, 1.807) is 0 Å². The molecular formula is C11H7F3N2OS. The Hall–Kier alpha value is -1.76. The molecule has 0 atom stereocenters. The number of nitrogens with zero attached hydrogens (tertiary/aromatic N) is 1. The van der Waals surface area contributed by atoms with Gasteiger partial charge in [-0.1, -0.05) is 6.07 Å². The molecule has 18 heavy (non-hydrogen) atoms. The number of ketones is 1. The normalized spacial score (nSPS) is 11.6. The van der Waals surface area contributed by atoms with Crippen LogP contribution in [0.25, 0.3) is 0 Å². The summed E-state index contributed by atoms with van der Waals surface area (Å²) in [7, 11) is 0. The van der Waals surface area contributed by atoms with Gasteiger partial charge in [-0.25, -0.2) is 0 Å². The van der Waals surface area contributed by atoms with E-state index in [0.717, 1.165) is 18.2 Å². The van der Waals surface area contributed by atoms with E-state index in [1.807, 2.05) is 0 Å². The van der Waals surface area contributed by atoms with E-state index < -0.39 is 17.5 Å². The van der Waals surface area contributed by atoms with Crippen molar-refractivity contribution in [2.45, 2.75) is 11.1 Å². The highest BCUT2D eigenvalue weighted by Crippen LogP contribution is 2.34. The van der Waals surface area contributed by atoms with Crippen LogP contribution in [0.4, 0.5) is 13.2 Å². The van der Waals surface area contributed by atoms with Crippen molar-refractivity contribution in [1.29, 1.82) is 0 Å². The van der Waals surface area contributed by atoms with Crippen LogP contribution in [0.5, 0.6) is 0 Å². The van der Waals surface area contributed by atoms with Crippen LogP contribution >= 0.6 is 12.6 Å². The minimum Gasteiger partial charge on any atom is -0.288 e. The zero-order valence-corrected chi connectivity index (χ0v) is 9.72. The van der Waals surface area contributed by atoms with Gasteiger partial charge in [0.05, 0.1) is 17.3 Å². The summed E-state index contributed by atoms with van der Waals surface area (Å²) in [5, 5.41) is 6.06. The summed E-state index contributed by atoms with van der Waals surface area (Å²) in [5.41, 5.74) is -0.452. The zero-order chi connectivity index (χ0) is 13.3. The van der Waals surface area contributed by atoms with Crippen molar-refractivity contribution in [2.24, 2.45) is 0 Å². The first-order valence-electron chi connectivity index (χ1n) is 4.83. The molecule has 0 unspecified atom stereocenters. The number of thiol groups is 1. The highest BCUT2D eigenvalue weighted by atomic mass is 32.1. The Bertz CT molecular complexity index is 578. The van der Waals surface area contributed by atoms with Crippen LogP contribution in [0.15, 0.2) is 35.5 Å². The molecule has 7 heteroatoms. The smallest absolute Gasteiger partial charge is 0.288 e. The van der Waals surface area contributed by atoms with E-state index in [4.69, 9.17) is 0 Å². The summed E-state index contributed by atoms with van der Waals surface area (Å²) in [4.78, 5) is 11.6. The molecule has 0 amide bonds. The molecule has 0 saturated carbocycles. The lowest BCUT2D eigenvalue weighted by atomic mass is 10.0. The molecule has 2 aromatic rings. The van der Waals surface area contributed by atoms with Crippen molar-refractivity contribution >= 4 is 18.4 Å². The van der Waals surface area contributed by atoms with Crippen LogP contribution in [0.1, 0.15) is 21.5 Å². The molecule has 0 spiro atoms. The van der Waals surface area contributed by atoms with Crippen molar-refractivity contribution in [3.63, 3.8) is 0 Å². The van der Waals surface area contributed by atoms with Gasteiger partial charge in [-0.05, 0) is 12.1 Å². The van der Waals surface area contributed by atoms with Gasteiger partial charge in [-0.2, -0.15) is 18.3 Å². The molecule has 3 nitrogen and oxygen atoms in total. The number of benzene rings is 1. The Morgan fingerprint density at radius 2 is 2.00 bits per heavy atom. The van der Waals surface area contributed by atoms with E-state index in [-0.39, 0.29) is 16.0 Å². The third-order valence-corrected chi connectivity index (χ3v) is 2.70. The molecular weight excluding hydrogens is 265 g/mol. The Balaban J connectivity index is 2.38. The van der Waals surface area contributed by atoms with Crippen molar-refractivity contribution in [3.8, 4) is 0 Å². The molecule has 1 N–H and O–H groups in total. The third kappa shape index (κ3) is 2.40. The molecule has 1 heterocycles. The molecule has 1 aromatic carbocycles. The summed E-state index contributed by atoms with van der Waals surface area (Å²) in [6.07, 6.45) is -1.80. The van der Waals surface area contributed by atoms with Crippen LogP contribution in [-0.2, 0) is 6.18 Å². The monoisotopic (exact) mass is 272 g/mol. The van der Waals surface area contributed by atoms with Crippen LogP contribution in [0.3, 0.4) is 0 Å². The Morgan fingerprint density at radius 3 is 2.50 bits per heavy atom. The number of rotatable bonds is 2.